The van der Waals surface area contributed by atoms with Crippen LogP contribution in [0.1, 0.15) is 32.8 Å². The van der Waals surface area contributed by atoms with Crippen LogP contribution in [0.25, 0.3) is 16.9 Å². The number of anilines is 1. The highest BCUT2D eigenvalue weighted by molar-refractivity contribution is 5.90. The number of hydrogen-bond donors (Lipinski definition) is 0. The van der Waals surface area contributed by atoms with Gasteiger partial charge in [0.1, 0.15) is 17.7 Å². The van der Waals surface area contributed by atoms with Crippen molar-refractivity contribution in [3.63, 3.8) is 0 Å². The van der Waals surface area contributed by atoms with Crippen molar-refractivity contribution < 1.29 is 14.3 Å². The van der Waals surface area contributed by atoms with Crippen molar-refractivity contribution >= 4 is 23.8 Å². The Labute approximate surface area is 173 Å². The summed E-state index contributed by atoms with van der Waals surface area (Å²) < 4.78 is 7.18. The topological polar surface area (TPSA) is 101 Å². The summed E-state index contributed by atoms with van der Waals surface area (Å²) in [6.07, 6.45) is 2.48. The summed E-state index contributed by atoms with van der Waals surface area (Å²) in [5, 5.41) is 13.5. The molecule has 0 radical (unpaired) electrons. The second-order valence-electron chi connectivity index (χ2n) is 8.25. The molecule has 1 fully saturated rings. The van der Waals surface area contributed by atoms with Crippen LogP contribution >= 0.6 is 0 Å². The highest BCUT2D eigenvalue weighted by Crippen LogP contribution is 2.39. The number of benzene rings is 1. The van der Waals surface area contributed by atoms with E-state index < -0.39 is 11.7 Å². The summed E-state index contributed by atoms with van der Waals surface area (Å²) in [4.78, 5) is 30.6. The first kappa shape index (κ1) is 19.6. The number of aromatic nitrogens is 3. The summed E-state index contributed by atoms with van der Waals surface area (Å²) >= 11 is 0. The molecule has 1 aliphatic carbocycles. The van der Waals surface area contributed by atoms with Crippen molar-refractivity contribution in [3.8, 4) is 17.3 Å². The first-order chi connectivity index (χ1) is 14.3. The average Bonchev–Trinajstić information content (AvgIpc) is 3.31. The largest absolute Gasteiger partial charge is 0.443 e. The molecule has 1 amide bonds. The van der Waals surface area contributed by atoms with Gasteiger partial charge in [-0.15, -0.1) is 0 Å². The molecular formula is C22H21N5O3. The van der Waals surface area contributed by atoms with Crippen molar-refractivity contribution in [1.82, 2.24) is 14.6 Å². The van der Waals surface area contributed by atoms with Crippen LogP contribution in [0.15, 0.2) is 42.6 Å². The Bertz CT molecular complexity index is 1170. The van der Waals surface area contributed by atoms with Crippen molar-refractivity contribution in [2.24, 2.45) is 5.92 Å². The molecule has 0 N–H and O–H groups in total. The first-order valence-electron chi connectivity index (χ1n) is 9.63. The van der Waals surface area contributed by atoms with Crippen molar-refractivity contribution in [1.29, 1.82) is 5.26 Å². The van der Waals surface area contributed by atoms with Crippen LogP contribution in [0.4, 0.5) is 10.6 Å². The Balaban J connectivity index is 1.86. The molecule has 1 aliphatic rings. The Morgan fingerprint density at radius 1 is 1.33 bits per heavy atom. The monoisotopic (exact) mass is 403 g/mol. The summed E-state index contributed by atoms with van der Waals surface area (Å²) in [6.45, 7) is 5.38. The van der Waals surface area contributed by atoms with E-state index in [9.17, 15) is 14.9 Å². The van der Waals surface area contributed by atoms with Crippen LogP contribution in [0.5, 0.6) is 0 Å². The second-order valence-corrected chi connectivity index (χ2v) is 8.25. The third-order valence-corrected chi connectivity index (χ3v) is 4.78. The van der Waals surface area contributed by atoms with Gasteiger partial charge in [0.15, 0.2) is 5.65 Å². The highest BCUT2D eigenvalue weighted by Gasteiger charge is 2.47. The van der Waals surface area contributed by atoms with E-state index in [1.807, 2.05) is 6.07 Å². The number of hydrogen-bond acceptors (Lipinski definition) is 6. The van der Waals surface area contributed by atoms with E-state index in [-0.39, 0.29) is 12.0 Å². The van der Waals surface area contributed by atoms with Crippen molar-refractivity contribution in [2.45, 2.75) is 38.8 Å². The van der Waals surface area contributed by atoms with E-state index in [2.05, 4.69) is 16.2 Å². The van der Waals surface area contributed by atoms with Gasteiger partial charge < -0.3 is 9.53 Å². The molecule has 0 bridgehead atoms. The van der Waals surface area contributed by atoms with Gasteiger partial charge >= 0.3 is 6.09 Å². The Morgan fingerprint density at radius 3 is 2.80 bits per heavy atom. The summed E-state index contributed by atoms with van der Waals surface area (Å²) in [7, 11) is 0. The van der Waals surface area contributed by atoms with E-state index in [1.54, 1.807) is 61.8 Å². The molecule has 8 heteroatoms. The molecule has 2 unspecified atom stereocenters. The molecule has 4 rings (SSSR count). The minimum Gasteiger partial charge on any atom is -0.443 e. The first-order valence-corrected chi connectivity index (χ1v) is 9.63. The van der Waals surface area contributed by atoms with Gasteiger partial charge in [0, 0.05) is 23.6 Å². The third-order valence-electron chi connectivity index (χ3n) is 4.78. The van der Waals surface area contributed by atoms with Gasteiger partial charge in [0.05, 0.1) is 29.6 Å². The van der Waals surface area contributed by atoms with Gasteiger partial charge in [-0.05, 0) is 39.3 Å². The maximum atomic E-state index is 13.1. The molecule has 0 spiro atoms. The van der Waals surface area contributed by atoms with Crippen molar-refractivity contribution in [2.75, 3.05) is 4.90 Å². The molecular weight excluding hydrogens is 382 g/mol. The predicted molar refractivity (Wildman–Crippen MR) is 110 cm³/mol. The fraction of sp³-hybridized carbons (Fsp3) is 0.318. The van der Waals surface area contributed by atoms with Crippen LogP contribution in [0.2, 0.25) is 0 Å². The smallest absolute Gasteiger partial charge is 0.416 e. The summed E-state index contributed by atoms with van der Waals surface area (Å²) in [5.41, 5.74) is 1.69. The van der Waals surface area contributed by atoms with E-state index in [4.69, 9.17) is 4.74 Å². The molecule has 2 heterocycles. The fourth-order valence-electron chi connectivity index (χ4n) is 3.32. The quantitative estimate of drug-likeness (QED) is 0.617. The summed E-state index contributed by atoms with van der Waals surface area (Å²) in [5.74, 6) is 0.215. The molecule has 2 aromatic heterocycles. The lowest BCUT2D eigenvalue weighted by Crippen LogP contribution is -2.40. The lowest BCUT2D eigenvalue weighted by Gasteiger charge is -2.28. The zero-order valence-electron chi connectivity index (χ0n) is 16.9. The van der Waals surface area contributed by atoms with E-state index >= 15 is 0 Å². The van der Waals surface area contributed by atoms with Gasteiger partial charge in [0.25, 0.3) is 0 Å². The number of amides is 1. The van der Waals surface area contributed by atoms with Gasteiger partial charge in [-0.3, -0.25) is 4.90 Å². The normalized spacial score (nSPS) is 17.9. The van der Waals surface area contributed by atoms with Gasteiger partial charge in [-0.1, -0.05) is 12.1 Å². The molecule has 0 saturated heterocycles. The Morgan fingerprint density at radius 2 is 2.13 bits per heavy atom. The van der Waals surface area contributed by atoms with Crippen LogP contribution in [0, 0.1) is 17.2 Å². The van der Waals surface area contributed by atoms with Gasteiger partial charge in [0.2, 0.25) is 0 Å². The maximum absolute atomic E-state index is 13.1. The second kappa shape index (κ2) is 7.26. The number of nitrogens with zero attached hydrogens (tertiary/aromatic N) is 5. The number of carbonyl (C=O) groups is 2. The van der Waals surface area contributed by atoms with Crippen LogP contribution in [-0.4, -0.2) is 38.6 Å². The molecule has 8 nitrogen and oxygen atoms in total. The maximum Gasteiger partial charge on any atom is 0.416 e. The molecule has 0 aliphatic heterocycles. The van der Waals surface area contributed by atoms with Crippen LogP contribution in [-0.2, 0) is 9.53 Å². The summed E-state index contributed by atoms with van der Waals surface area (Å²) in [6, 6.07) is 12.4. The van der Waals surface area contributed by atoms with Crippen LogP contribution in [0.3, 0.4) is 0 Å². The molecule has 3 aromatic rings. The molecule has 2 atom stereocenters. The molecule has 30 heavy (non-hydrogen) atoms. The van der Waals surface area contributed by atoms with Crippen LogP contribution < -0.4 is 4.90 Å². The standard InChI is InChI=1S/C22H21N5O3/c1-22(2,3)30-21(29)26(18-10-16(18)13-28)20-11-17(25-19-7-8-24-27(19)20)15-6-4-5-14(9-15)12-23/h4-9,11,13,16,18H,10H2,1-3H3. The Hall–Kier alpha value is -3.73. The van der Waals surface area contributed by atoms with Crippen molar-refractivity contribution in [3.05, 3.63) is 48.2 Å². The lowest BCUT2D eigenvalue weighted by atomic mass is 10.1. The Kier molecular flexibility index (Phi) is 4.74. The van der Waals surface area contributed by atoms with Gasteiger partial charge in [-0.2, -0.15) is 14.9 Å². The number of nitriles is 1. The third kappa shape index (κ3) is 3.74. The van der Waals surface area contributed by atoms with E-state index in [0.29, 0.717) is 29.1 Å². The lowest BCUT2D eigenvalue weighted by molar-refractivity contribution is -0.108. The molecule has 1 aromatic carbocycles. The molecule has 1 saturated carbocycles. The molecule has 152 valence electrons. The predicted octanol–water partition coefficient (Wildman–Crippen LogP) is 3.60. The van der Waals surface area contributed by atoms with E-state index in [1.165, 1.54) is 4.90 Å². The van der Waals surface area contributed by atoms with Gasteiger partial charge in [-0.25, -0.2) is 9.78 Å². The minimum atomic E-state index is -0.693. The number of ether oxygens (including phenoxy) is 1. The fourth-order valence-corrected chi connectivity index (χ4v) is 3.32. The van der Waals surface area contributed by atoms with E-state index in [0.717, 1.165) is 11.8 Å². The number of aldehydes is 1. The number of carbonyl (C=O) groups excluding carboxylic acids is 2. The minimum absolute atomic E-state index is 0.248. The highest BCUT2D eigenvalue weighted by atomic mass is 16.6. The zero-order chi connectivity index (χ0) is 21.5. The zero-order valence-corrected chi connectivity index (χ0v) is 16.9. The SMILES string of the molecule is CC(C)(C)OC(=O)N(c1cc(-c2cccc(C#N)c2)nc2ccnn12)C1CC1C=O. The number of fused-ring (bicyclic) bond motifs is 1. The number of rotatable bonds is 4. The average molecular weight is 403 g/mol.